The van der Waals surface area contributed by atoms with Crippen LogP contribution in [0.1, 0.15) is 26.3 Å². The molecular formula is C13H12N2O3S. The number of hydrogen-bond donors (Lipinski definition) is 1. The SMILES string of the molecule is COc1ccc(NC(=O)c2ccc(C(C)=O)s2)cn1. The van der Waals surface area contributed by atoms with Crippen LogP contribution in [0.5, 0.6) is 5.88 Å². The normalized spacial score (nSPS) is 10.0. The molecular weight excluding hydrogens is 264 g/mol. The molecule has 98 valence electrons. The fraction of sp³-hybridized carbons (Fsp3) is 0.154. The number of pyridine rings is 1. The van der Waals surface area contributed by atoms with Gasteiger partial charge in [0.2, 0.25) is 5.88 Å². The molecule has 0 unspecified atom stereocenters. The molecule has 19 heavy (non-hydrogen) atoms. The van der Waals surface area contributed by atoms with Crippen molar-refractivity contribution in [2.75, 3.05) is 12.4 Å². The Balaban J connectivity index is 2.08. The summed E-state index contributed by atoms with van der Waals surface area (Å²) in [6.45, 7) is 1.47. The number of hydrogen-bond acceptors (Lipinski definition) is 5. The molecule has 0 radical (unpaired) electrons. The monoisotopic (exact) mass is 276 g/mol. The average Bonchev–Trinajstić information content (AvgIpc) is 2.89. The number of amides is 1. The molecule has 1 N–H and O–H groups in total. The molecule has 5 nitrogen and oxygen atoms in total. The highest BCUT2D eigenvalue weighted by Crippen LogP contribution is 2.19. The Kier molecular flexibility index (Phi) is 3.91. The van der Waals surface area contributed by atoms with Crippen molar-refractivity contribution in [3.05, 3.63) is 40.2 Å². The predicted molar refractivity (Wildman–Crippen MR) is 73.1 cm³/mol. The molecule has 0 aromatic carbocycles. The highest BCUT2D eigenvalue weighted by molar-refractivity contribution is 7.16. The minimum Gasteiger partial charge on any atom is -0.481 e. The van der Waals surface area contributed by atoms with Crippen LogP contribution in [0.15, 0.2) is 30.5 Å². The summed E-state index contributed by atoms with van der Waals surface area (Å²) in [6, 6.07) is 6.64. The van der Waals surface area contributed by atoms with Gasteiger partial charge in [-0.3, -0.25) is 9.59 Å². The van der Waals surface area contributed by atoms with Crippen molar-refractivity contribution < 1.29 is 14.3 Å². The lowest BCUT2D eigenvalue weighted by Gasteiger charge is -2.03. The molecule has 6 heteroatoms. The van der Waals surface area contributed by atoms with Gasteiger partial charge in [0.1, 0.15) is 0 Å². The third kappa shape index (κ3) is 3.17. The number of anilines is 1. The number of rotatable bonds is 4. The van der Waals surface area contributed by atoms with Gasteiger partial charge in [0.05, 0.1) is 28.7 Å². The molecule has 0 saturated carbocycles. The number of ether oxygens (including phenoxy) is 1. The number of thiophene rings is 1. The number of nitrogens with zero attached hydrogens (tertiary/aromatic N) is 1. The van der Waals surface area contributed by atoms with Crippen LogP contribution in [0.2, 0.25) is 0 Å². The Labute approximate surface area is 114 Å². The van der Waals surface area contributed by atoms with Crippen molar-refractivity contribution >= 4 is 28.7 Å². The minimum absolute atomic E-state index is 0.0461. The van der Waals surface area contributed by atoms with E-state index in [2.05, 4.69) is 10.3 Å². The van der Waals surface area contributed by atoms with E-state index >= 15 is 0 Å². The van der Waals surface area contributed by atoms with Gasteiger partial charge in [-0.15, -0.1) is 11.3 Å². The van der Waals surface area contributed by atoms with Crippen molar-refractivity contribution in [2.24, 2.45) is 0 Å². The number of carbonyl (C=O) groups is 2. The maximum Gasteiger partial charge on any atom is 0.265 e. The van der Waals surface area contributed by atoms with Crippen LogP contribution < -0.4 is 10.1 Å². The molecule has 1 amide bonds. The summed E-state index contributed by atoms with van der Waals surface area (Å²) in [5, 5.41) is 2.70. The van der Waals surface area contributed by atoms with Crippen molar-refractivity contribution in [1.82, 2.24) is 4.98 Å². The van der Waals surface area contributed by atoms with Gasteiger partial charge in [-0.2, -0.15) is 0 Å². The average molecular weight is 276 g/mol. The van der Waals surface area contributed by atoms with Crippen LogP contribution in [-0.2, 0) is 0 Å². The van der Waals surface area contributed by atoms with E-state index < -0.39 is 0 Å². The van der Waals surface area contributed by atoms with E-state index in [1.54, 1.807) is 24.3 Å². The Hall–Kier alpha value is -2.21. The summed E-state index contributed by atoms with van der Waals surface area (Å²) in [5.41, 5.74) is 0.573. The largest absolute Gasteiger partial charge is 0.481 e. The highest BCUT2D eigenvalue weighted by Gasteiger charge is 2.11. The lowest BCUT2D eigenvalue weighted by Crippen LogP contribution is -2.10. The standard InChI is InChI=1S/C13H12N2O3S/c1-8(16)10-4-5-11(19-10)13(17)15-9-3-6-12(18-2)14-7-9/h3-7H,1-2H3,(H,15,17). The Morgan fingerprint density at radius 1 is 1.21 bits per heavy atom. The predicted octanol–water partition coefficient (Wildman–Crippen LogP) is 2.61. The number of nitrogens with one attached hydrogen (secondary N) is 1. The van der Waals surface area contributed by atoms with E-state index in [0.29, 0.717) is 21.3 Å². The number of Topliss-reactive ketones (excluding diaryl/α,β-unsaturated/α-hetero) is 1. The zero-order chi connectivity index (χ0) is 13.8. The molecule has 2 aromatic heterocycles. The van der Waals surface area contributed by atoms with E-state index in [9.17, 15) is 9.59 Å². The van der Waals surface area contributed by atoms with Gasteiger partial charge in [0.25, 0.3) is 5.91 Å². The van der Waals surface area contributed by atoms with Crippen LogP contribution in [0.4, 0.5) is 5.69 Å². The topological polar surface area (TPSA) is 68.3 Å². The summed E-state index contributed by atoms with van der Waals surface area (Å²) >= 11 is 1.17. The first-order valence-electron chi connectivity index (χ1n) is 5.52. The first-order valence-corrected chi connectivity index (χ1v) is 6.34. The van der Waals surface area contributed by atoms with Crippen LogP contribution in [0.25, 0.3) is 0 Å². The van der Waals surface area contributed by atoms with Gasteiger partial charge in [-0.25, -0.2) is 4.98 Å². The quantitative estimate of drug-likeness (QED) is 0.871. The Morgan fingerprint density at radius 2 is 1.95 bits per heavy atom. The third-order valence-electron chi connectivity index (χ3n) is 2.38. The van der Waals surface area contributed by atoms with Gasteiger partial charge < -0.3 is 10.1 Å². The van der Waals surface area contributed by atoms with E-state index in [4.69, 9.17) is 4.74 Å². The Bertz CT molecular complexity index is 605. The summed E-state index contributed by atoms with van der Waals surface area (Å²) in [7, 11) is 1.52. The van der Waals surface area contributed by atoms with Gasteiger partial charge in [0.15, 0.2) is 5.78 Å². The fourth-order valence-corrected chi connectivity index (χ4v) is 2.21. The second-order valence-corrected chi connectivity index (χ2v) is 4.85. The molecule has 0 atom stereocenters. The molecule has 2 heterocycles. The zero-order valence-corrected chi connectivity index (χ0v) is 11.3. The third-order valence-corrected chi connectivity index (χ3v) is 3.56. The maximum absolute atomic E-state index is 11.9. The van der Waals surface area contributed by atoms with E-state index in [-0.39, 0.29) is 11.7 Å². The van der Waals surface area contributed by atoms with Crippen molar-refractivity contribution in [1.29, 1.82) is 0 Å². The smallest absolute Gasteiger partial charge is 0.265 e. The summed E-state index contributed by atoms with van der Waals surface area (Å²) in [4.78, 5) is 28.1. The number of ketones is 1. The van der Waals surface area contributed by atoms with Crippen LogP contribution in [-0.4, -0.2) is 23.8 Å². The molecule has 0 aliphatic rings. The van der Waals surface area contributed by atoms with Crippen LogP contribution in [0, 0.1) is 0 Å². The van der Waals surface area contributed by atoms with Gasteiger partial charge >= 0.3 is 0 Å². The number of methoxy groups -OCH3 is 1. The van der Waals surface area contributed by atoms with Crippen molar-refractivity contribution in [3.63, 3.8) is 0 Å². The molecule has 2 rings (SSSR count). The second kappa shape index (κ2) is 5.62. The molecule has 2 aromatic rings. The first-order chi connectivity index (χ1) is 9.10. The van der Waals surface area contributed by atoms with Gasteiger partial charge in [0, 0.05) is 6.07 Å². The molecule has 0 fully saturated rings. The molecule has 0 saturated heterocycles. The van der Waals surface area contributed by atoms with Crippen molar-refractivity contribution in [2.45, 2.75) is 6.92 Å². The first kappa shape index (κ1) is 13.2. The summed E-state index contributed by atoms with van der Waals surface area (Å²) < 4.78 is 4.93. The van der Waals surface area contributed by atoms with E-state index in [0.717, 1.165) is 0 Å². The molecule has 0 bridgehead atoms. The van der Waals surface area contributed by atoms with E-state index in [1.807, 2.05) is 0 Å². The fourth-order valence-electron chi connectivity index (χ4n) is 1.42. The number of carbonyl (C=O) groups excluding carboxylic acids is 2. The van der Waals surface area contributed by atoms with Crippen molar-refractivity contribution in [3.8, 4) is 5.88 Å². The molecule has 0 aliphatic heterocycles. The summed E-state index contributed by atoms with van der Waals surface area (Å²) in [6.07, 6.45) is 1.51. The van der Waals surface area contributed by atoms with Gasteiger partial charge in [-0.05, 0) is 25.1 Å². The second-order valence-electron chi connectivity index (χ2n) is 3.76. The van der Waals surface area contributed by atoms with Gasteiger partial charge in [-0.1, -0.05) is 0 Å². The Morgan fingerprint density at radius 3 is 2.47 bits per heavy atom. The lowest BCUT2D eigenvalue weighted by molar-refractivity contribution is 0.101. The van der Waals surface area contributed by atoms with Crippen LogP contribution in [0.3, 0.4) is 0 Å². The number of aromatic nitrogens is 1. The molecule has 0 aliphatic carbocycles. The van der Waals surface area contributed by atoms with Crippen LogP contribution >= 0.6 is 11.3 Å². The zero-order valence-electron chi connectivity index (χ0n) is 10.5. The lowest BCUT2D eigenvalue weighted by atomic mass is 10.3. The highest BCUT2D eigenvalue weighted by atomic mass is 32.1. The minimum atomic E-state index is -0.260. The summed E-state index contributed by atoms with van der Waals surface area (Å²) in [5.74, 6) is 0.174. The molecule has 0 spiro atoms. The van der Waals surface area contributed by atoms with E-state index in [1.165, 1.54) is 31.6 Å². The maximum atomic E-state index is 11.9.